The van der Waals surface area contributed by atoms with Crippen molar-refractivity contribution in [1.29, 1.82) is 0 Å². The lowest BCUT2D eigenvalue weighted by atomic mass is 9.96. The van der Waals surface area contributed by atoms with Gasteiger partial charge in [-0.05, 0) is 25.8 Å². The number of carbonyl (C=O) groups is 2. The number of furan rings is 1. The van der Waals surface area contributed by atoms with Crippen molar-refractivity contribution in [3.8, 4) is 0 Å². The summed E-state index contributed by atoms with van der Waals surface area (Å²) in [6.45, 7) is 1.49. The lowest BCUT2D eigenvalue weighted by Crippen LogP contribution is -2.43. The maximum atomic E-state index is 12.8. The van der Waals surface area contributed by atoms with Crippen LogP contribution in [-0.4, -0.2) is 29.9 Å². The van der Waals surface area contributed by atoms with Crippen molar-refractivity contribution in [2.24, 2.45) is 5.92 Å². The Labute approximate surface area is 118 Å². The molecule has 0 radical (unpaired) electrons. The van der Waals surface area contributed by atoms with Crippen LogP contribution in [0.15, 0.2) is 10.5 Å². The first-order chi connectivity index (χ1) is 9.70. The van der Waals surface area contributed by atoms with Crippen LogP contribution < -0.4 is 5.11 Å². The van der Waals surface area contributed by atoms with Gasteiger partial charge in [-0.2, -0.15) is 13.2 Å². The number of nitrogens with zero attached hydrogens (tertiary/aromatic N) is 1. The number of rotatable bonds is 2. The van der Waals surface area contributed by atoms with E-state index in [1.54, 1.807) is 0 Å². The summed E-state index contributed by atoms with van der Waals surface area (Å²) < 4.78 is 43.0. The molecule has 116 valence electrons. The van der Waals surface area contributed by atoms with E-state index in [9.17, 15) is 27.9 Å². The molecule has 1 aliphatic heterocycles. The number of alkyl halides is 3. The summed E-state index contributed by atoms with van der Waals surface area (Å²) in [5.74, 6) is -3.97. The van der Waals surface area contributed by atoms with Gasteiger partial charge in [-0.15, -0.1) is 0 Å². The Hall–Kier alpha value is -1.99. The third-order valence-corrected chi connectivity index (χ3v) is 3.46. The Morgan fingerprint density at radius 1 is 1.33 bits per heavy atom. The smallest absolute Gasteiger partial charge is 0.450 e. The zero-order valence-corrected chi connectivity index (χ0v) is 11.2. The number of hydrogen-bond donors (Lipinski definition) is 0. The average molecular weight is 304 g/mol. The Balaban J connectivity index is 2.17. The van der Waals surface area contributed by atoms with Gasteiger partial charge in [0.25, 0.3) is 5.91 Å². The third kappa shape index (κ3) is 3.20. The highest BCUT2D eigenvalue weighted by Gasteiger charge is 2.41. The van der Waals surface area contributed by atoms with E-state index >= 15 is 0 Å². The van der Waals surface area contributed by atoms with E-state index in [-0.39, 0.29) is 31.7 Å². The topological polar surface area (TPSA) is 73.6 Å². The number of aliphatic carboxylic acids is 1. The molecule has 1 amide bonds. The standard InChI is InChI=1S/C13H14F3NO4/c1-7-6-9(10(21-7)13(14,15)16)11(18)17-4-2-8(3-5-17)12(19)20/h6,8H,2-5H2,1H3,(H,19,20)/p-1. The lowest BCUT2D eigenvalue weighted by molar-refractivity contribution is -0.312. The van der Waals surface area contributed by atoms with Crippen LogP contribution in [0.4, 0.5) is 13.2 Å². The van der Waals surface area contributed by atoms with E-state index < -0.39 is 35.3 Å². The molecule has 5 nitrogen and oxygen atoms in total. The molecule has 2 heterocycles. The Morgan fingerprint density at radius 3 is 2.38 bits per heavy atom. The second-order valence-electron chi connectivity index (χ2n) is 4.98. The van der Waals surface area contributed by atoms with Gasteiger partial charge >= 0.3 is 6.18 Å². The van der Waals surface area contributed by atoms with Crippen LogP contribution in [-0.2, 0) is 11.0 Å². The van der Waals surface area contributed by atoms with E-state index in [2.05, 4.69) is 4.42 Å². The molecular weight excluding hydrogens is 291 g/mol. The van der Waals surface area contributed by atoms with Crippen LogP contribution >= 0.6 is 0 Å². The Bertz CT molecular complexity index is 556. The van der Waals surface area contributed by atoms with Crippen LogP contribution in [0.1, 0.15) is 34.7 Å². The Kier molecular flexibility index (Phi) is 3.97. The summed E-state index contributed by atoms with van der Waals surface area (Å²) in [7, 11) is 0. The molecule has 0 atom stereocenters. The molecule has 2 rings (SSSR count). The minimum Gasteiger partial charge on any atom is -0.550 e. The third-order valence-electron chi connectivity index (χ3n) is 3.46. The van der Waals surface area contributed by atoms with Gasteiger partial charge < -0.3 is 19.2 Å². The van der Waals surface area contributed by atoms with Crippen LogP contribution in [0, 0.1) is 12.8 Å². The van der Waals surface area contributed by atoms with E-state index in [1.807, 2.05) is 0 Å². The van der Waals surface area contributed by atoms with Crippen molar-refractivity contribution in [3.05, 3.63) is 23.2 Å². The highest BCUT2D eigenvalue weighted by atomic mass is 19.4. The minimum absolute atomic E-state index is 0.00435. The van der Waals surface area contributed by atoms with Gasteiger partial charge in [0.2, 0.25) is 5.76 Å². The zero-order valence-electron chi connectivity index (χ0n) is 11.2. The molecule has 0 aliphatic carbocycles. The summed E-state index contributed by atoms with van der Waals surface area (Å²) >= 11 is 0. The lowest BCUT2D eigenvalue weighted by Gasteiger charge is -2.32. The fraction of sp³-hybridized carbons (Fsp3) is 0.538. The predicted molar refractivity (Wildman–Crippen MR) is 62.1 cm³/mol. The van der Waals surface area contributed by atoms with E-state index in [4.69, 9.17) is 0 Å². The number of carboxylic acids is 1. The first kappa shape index (κ1) is 15.4. The van der Waals surface area contributed by atoms with Gasteiger partial charge in [-0.25, -0.2) is 0 Å². The molecule has 1 aliphatic rings. The summed E-state index contributed by atoms with van der Waals surface area (Å²) in [5, 5.41) is 10.7. The SMILES string of the molecule is Cc1cc(C(=O)N2CCC(C(=O)[O-])CC2)c(C(F)(F)F)o1. The molecule has 1 saturated heterocycles. The molecule has 1 aromatic rings. The molecule has 21 heavy (non-hydrogen) atoms. The van der Waals surface area contributed by atoms with E-state index in [0.29, 0.717) is 0 Å². The molecule has 1 fully saturated rings. The second kappa shape index (κ2) is 5.42. The molecule has 0 unspecified atom stereocenters. The van der Waals surface area contributed by atoms with Gasteiger partial charge in [-0.1, -0.05) is 0 Å². The van der Waals surface area contributed by atoms with Crippen LogP contribution in [0.5, 0.6) is 0 Å². The fourth-order valence-electron chi connectivity index (χ4n) is 2.37. The molecular formula is C13H13F3NO4-. The number of amides is 1. The minimum atomic E-state index is -4.75. The summed E-state index contributed by atoms with van der Waals surface area (Å²) in [6, 6.07) is 1.05. The van der Waals surface area contributed by atoms with Gasteiger partial charge in [0.05, 0.1) is 5.56 Å². The maximum absolute atomic E-state index is 12.8. The van der Waals surface area contributed by atoms with Gasteiger partial charge in [0.15, 0.2) is 0 Å². The average Bonchev–Trinajstić information content (AvgIpc) is 2.80. The predicted octanol–water partition coefficient (Wildman–Crippen LogP) is 1.21. The fourth-order valence-corrected chi connectivity index (χ4v) is 2.37. The molecule has 0 spiro atoms. The van der Waals surface area contributed by atoms with Crippen molar-refractivity contribution >= 4 is 11.9 Å². The first-order valence-electron chi connectivity index (χ1n) is 6.38. The van der Waals surface area contributed by atoms with Gasteiger partial charge in [0.1, 0.15) is 5.76 Å². The number of halogens is 3. The van der Waals surface area contributed by atoms with Crippen LogP contribution in [0.2, 0.25) is 0 Å². The van der Waals surface area contributed by atoms with E-state index in [1.165, 1.54) is 11.8 Å². The quantitative estimate of drug-likeness (QED) is 0.823. The molecule has 1 aromatic heterocycles. The summed E-state index contributed by atoms with van der Waals surface area (Å²) in [5.41, 5.74) is -0.535. The molecule has 0 bridgehead atoms. The normalized spacial score (nSPS) is 17.0. The highest BCUT2D eigenvalue weighted by molar-refractivity contribution is 5.95. The van der Waals surface area contributed by atoms with Crippen molar-refractivity contribution in [2.75, 3.05) is 13.1 Å². The van der Waals surface area contributed by atoms with Crippen molar-refractivity contribution in [1.82, 2.24) is 4.90 Å². The number of likely N-dealkylation sites (tertiary alicyclic amines) is 1. The second-order valence-corrected chi connectivity index (χ2v) is 4.98. The highest BCUT2D eigenvalue weighted by Crippen LogP contribution is 2.35. The first-order valence-corrected chi connectivity index (χ1v) is 6.38. The van der Waals surface area contributed by atoms with Gasteiger partial charge in [-0.3, -0.25) is 4.79 Å². The van der Waals surface area contributed by atoms with Crippen LogP contribution in [0.3, 0.4) is 0 Å². The number of hydrogen-bond acceptors (Lipinski definition) is 4. The number of aryl methyl sites for hydroxylation is 1. The summed E-state index contributed by atoms with van der Waals surface area (Å²) in [6.07, 6.45) is -4.40. The largest absolute Gasteiger partial charge is 0.550 e. The Morgan fingerprint density at radius 2 is 1.90 bits per heavy atom. The van der Waals surface area contributed by atoms with Crippen molar-refractivity contribution < 1.29 is 32.3 Å². The number of carbonyl (C=O) groups excluding carboxylic acids is 2. The molecule has 8 heteroatoms. The monoisotopic (exact) mass is 304 g/mol. The maximum Gasteiger partial charge on any atom is 0.450 e. The zero-order chi connectivity index (χ0) is 15.8. The van der Waals surface area contributed by atoms with Crippen molar-refractivity contribution in [3.63, 3.8) is 0 Å². The molecule has 0 aromatic carbocycles. The molecule has 0 N–H and O–H groups in total. The summed E-state index contributed by atoms with van der Waals surface area (Å²) in [4.78, 5) is 24.1. The van der Waals surface area contributed by atoms with Gasteiger partial charge in [0, 0.05) is 25.0 Å². The van der Waals surface area contributed by atoms with E-state index in [0.717, 1.165) is 6.07 Å². The number of piperidine rings is 1. The van der Waals surface area contributed by atoms with Crippen LogP contribution in [0.25, 0.3) is 0 Å². The number of carboxylic acid groups (broad SMARTS) is 1. The molecule has 0 saturated carbocycles. The van der Waals surface area contributed by atoms with Crippen molar-refractivity contribution in [2.45, 2.75) is 25.9 Å².